The van der Waals surface area contributed by atoms with E-state index < -0.39 is 0 Å². The number of rotatable bonds is 3. The molecule has 1 aromatic heterocycles. The number of amides is 1. The predicted molar refractivity (Wildman–Crippen MR) is 72.9 cm³/mol. The highest BCUT2D eigenvalue weighted by atomic mass is 79.9. The molecule has 0 atom stereocenters. The minimum atomic E-state index is -0.258. The molecule has 4 nitrogen and oxygen atoms in total. The molecule has 0 spiro atoms. The Morgan fingerprint density at radius 1 is 1.33 bits per heavy atom. The molecule has 2 aromatic rings. The maximum atomic E-state index is 12.1. The van der Waals surface area contributed by atoms with Gasteiger partial charge in [-0.05, 0) is 30.3 Å². The first-order valence-corrected chi connectivity index (χ1v) is 6.06. The van der Waals surface area contributed by atoms with E-state index in [4.69, 9.17) is 4.74 Å². The number of ether oxygens (including phenoxy) is 1. The summed E-state index contributed by atoms with van der Waals surface area (Å²) >= 11 is 3.33. The van der Waals surface area contributed by atoms with Crippen LogP contribution in [0.3, 0.4) is 0 Å². The van der Waals surface area contributed by atoms with E-state index in [0.717, 1.165) is 4.47 Å². The number of aromatic nitrogens is 1. The summed E-state index contributed by atoms with van der Waals surface area (Å²) in [5, 5.41) is 2.71. The quantitative estimate of drug-likeness (QED) is 0.948. The summed E-state index contributed by atoms with van der Waals surface area (Å²) in [6.45, 7) is 0. The van der Waals surface area contributed by atoms with Crippen molar-refractivity contribution in [1.82, 2.24) is 4.98 Å². The number of hydrogen-bond acceptors (Lipinski definition) is 3. The zero-order chi connectivity index (χ0) is 13.0. The summed E-state index contributed by atoms with van der Waals surface area (Å²) in [4.78, 5) is 16.1. The van der Waals surface area contributed by atoms with Crippen molar-refractivity contribution in [3.05, 3.63) is 52.6 Å². The third-order valence-corrected chi connectivity index (χ3v) is 2.81. The lowest BCUT2D eigenvalue weighted by molar-refractivity contribution is 0.102. The Kier molecular flexibility index (Phi) is 3.94. The Bertz CT molecular complexity index is 558. The third kappa shape index (κ3) is 2.87. The zero-order valence-electron chi connectivity index (χ0n) is 9.68. The lowest BCUT2D eigenvalue weighted by Crippen LogP contribution is -2.14. The molecule has 2 rings (SSSR count). The smallest absolute Gasteiger partial charge is 0.260 e. The van der Waals surface area contributed by atoms with Crippen LogP contribution in [-0.4, -0.2) is 18.0 Å². The van der Waals surface area contributed by atoms with Gasteiger partial charge in [0.05, 0.1) is 12.7 Å². The Morgan fingerprint density at radius 2 is 2.17 bits per heavy atom. The van der Waals surface area contributed by atoms with Gasteiger partial charge < -0.3 is 10.1 Å². The number of nitrogens with one attached hydrogen (secondary N) is 1. The van der Waals surface area contributed by atoms with Gasteiger partial charge in [-0.2, -0.15) is 0 Å². The highest BCUT2D eigenvalue weighted by Crippen LogP contribution is 2.23. The monoisotopic (exact) mass is 306 g/mol. The average Bonchev–Trinajstić information content (AvgIpc) is 2.40. The van der Waals surface area contributed by atoms with Gasteiger partial charge in [-0.1, -0.05) is 22.0 Å². The number of anilines is 1. The van der Waals surface area contributed by atoms with Crippen molar-refractivity contribution < 1.29 is 9.53 Å². The van der Waals surface area contributed by atoms with Crippen LogP contribution in [0.4, 0.5) is 5.82 Å². The number of methoxy groups -OCH3 is 1. The van der Waals surface area contributed by atoms with Crippen molar-refractivity contribution in [1.29, 1.82) is 0 Å². The van der Waals surface area contributed by atoms with E-state index in [9.17, 15) is 4.79 Å². The fourth-order valence-electron chi connectivity index (χ4n) is 1.48. The zero-order valence-corrected chi connectivity index (χ0v) is 11.3. The molecule has 0 fully saturated rings. The first-order valence-electron chi connectivity index (χ1n) is 5.26. The minimum absolute atomic E-state index is 0.258. The van der Waals surface area contributed by atoms with Gasteiger partial charge >= 0.3 is 0 Å². The normalized spacial score (nSPS) is 9.89. The molecule has 1 aromatic carbocycles. The second-order valence-electron chi connectivity index (χ2n) is 3.51. The van der Waals surface area contributed by atoms with Crippen LogP contribution in [0.5, 0.6) is 5.75 Å². The number of nitrogens with zero attached hydrogens (tertiary/aromatic N) is 1. The van der Waals surface area contributed by atoms with Crippen LogP contribution in [0.2, 0.25) is 0 Å². The van der Waals surface area contributed by atoms with Gasteiger partial charge in [0.1, 0.15) is 11.6 Å². The summed E-state index contributed by atoms with van der Waals surface area (Å²) in [5.74, 6) is 0.767. The van der Waals surface area contributed by atoms with Crippen molar-refractivity contribution in [2.75, 3.05) is 12.4 Å². The van der Waals surface area contributed by atoms with E-state index in [-0.39, 0.29) is 5.91 Å². The molecule has 0 radical (unpaired) electrons. The van der Waals surface area contributed by atoms with Crippen LogP contribution in [0.1, 0.15) is 10.4 Å². The van der Waals surface area contributed by atoms with E-state index in [0.29, 0.717) is 17.1 Å². The van der Waals surface area contributed by atoms with Gasteiger partial charge in [0.25, 0.3) is 5.91 Å². The number of halogens is 1. The van der Waals surface area contributed by atoms with Crippen LogP contribution in [-0.2, 0) is 0 Å². The van der Waals surface area contributed by atoms with Crippen LogP contribution < -0.4 is 10.1 Å². The largest absolute Gasteiger partial charge is 0.496 e. The van der Waals surface area contributed by atoms with Gasteiger partial charge in [-0.15, -0.1) is 0 Å². The van der Waals surface area contributed by atoms with E-state index in [1.165, 1.54) is 7.11 Å². The fourth-order valence-corrected chi connectivity index (χ4v) is 1.84. The fraction of sp³-hybridized carbons (Fsp3) is 0.0769. The number of carbonyl (C=O) groups is 1. The molecular weight excluding hydrogens is 296 g/mol. The second-order valence-corrected chi connectivity index (χ2v) is 4.43. The number of hydrogen-bond donors (Lipinski definition) is 1. The lowest BCUT2D eigenvalue weighted by atomic mass is 10.2. The molecule has 1 amide bonds. The molecule has 18 heavy (non-hydrogen) atoms. The Labute approximate surface area is 113 Å². The van der Waals surface area contributed by atoms with Gasteiger partial charge in [0.2, 0.25) is 0 Å². The SMILES string of the molecule is COc1ccc(Br)cc1C(=O)Nc1ccccn1. The molecule has 0 aliphatic heterocycles. The summed E-state index contributed by atoms with van der Waals surface area (Å²) in [6.07, 6.45) is 1.62. The Balaban J connectivity index is 2.26. The van der Waals surface area contributed by atoms with E-state index in [1.807, 2.05) is 6.07 Å². The summed E-state index contributed by atoms with van der Waals surface area (Å²) < 4.78 is 5.97. The molecule has 92 valence electrons. The van der Waals surface area contributed by atoms with Crippen molar-refractivity contribution in [2.45, 2.75) is 0 Å². The number of carbonyl (C=O) groups excluding carboxylic acids is 1. The van der Waals surface area contributed by atoms with Gasteiger partial charge in [0, 0.05) is 10.7 Å². The van der Waals surface area contributed by atoms with E-state index >= 15 is 0 Å². The maximum Gasteiger partial charge on any atom is 0.260 e. The lowest BCUT2D eigenvalue weighted by Gasteiger charge is -2.09. The molecule has 0 saturated heterocycles. The highest BCUT2D eigenvalue weighted by Gasteiger charge is 2.13. The highest BCUT2D eigenvalue weighted by molar-refractivity contribution is 9.10. The molecule has 5 heteroatoms. The van der Waals surface area contributed by atoms with Gasteiger partial charge in [0.15, 0.2) is 0 Å². The Hall–Kier alpha value is -1.88. The molecule has 1 heterocycles. The van der Waals surface area contributed by atoms with Crippen LogP contribution >= 0.6 is 15.9 Å². The topological polar surface area (TPSA) is 51.2 Å². The standard InChI is InChI=1S/C13H11BrN2O2/c1-18-11-6-5-9(14)8-10(11)13(17)16-12-4-2-3-7-15-12/h2-8H,1H3,(H,15,16,17). The third-order valence-electron chi connectivity index (χ3n) is 2.31. The van der Waals surface area contributed by atoms with Crippen molar-refractivity contribution in [3.63, 3.8) is 0 Å². The molecular formula is C13H11BrN2O2. The predicted octanol–water partition coefficient (Wildman–Crippen LogP) is 3.11. The second kappa shape index (κ2) is 5.64. The average molecular weight is 307 g/mol. The first kappa shape index (κ1) is 12.6. The van der Waals surface area contributed by atoms with Gasteiger partial charge in [-0.3, -0.25) is 4.79 Å². The van der Waals surface area contributed by atoms with Crippen LogP contribution in [0.15, 0.2) is 47.1 Å². The van der Waals surface area contributed by atoms with Crippen LogP contribution in [0, 0.1) is 0 Å². The summed E-state index contributed by atoms with van der Waals surface area (Å²) in [6, 6.07) is 10.6. The molecule has 0 unspecified atom stereocenters. The molecule has 0 saturated carbocycles. The summed E-state index contributed by atoms with van der Waals surface area (Å²) in [5.41, 5.74) is 0.456. The molecule has 0 aliphatic rings. The Morgan fingerprint density at radius 3 is 2.83 bits per heavy atom. The molecule has 0 bridgehead atoms. The minimum Gasteiger partial charge on any atom is -0.496 e. The number of benzene rings is 1. The van der Waals surface area contributed by atoms with E-state index in [2.05, 4.69) is 26.2 Å². The first-order chi connectivity index (χ1) is 8.70. The van der Waals surface area contributed by atoms with Crippen molar-refractivity contribution in [2.24, 2.45) is 0 Å². The van der Waals surface area contributed by atoms with Gasteiger partial charge in [-0.25, -0.2) is 4.98 Å². The van der Waals surface area contributed by atoms with Crippen molar-refractivity contribution in [3.8, 4) is 5.75 Å². The van der Waals surface area contributed by atoms with Crippen LogP contribution in [0.25, 0.3) is 0 Å². The summed E-state index contributed by atoms with van der Waals surface area (Å²) in [7, 11) is 1.53. The van der Waals surface area contributed by atoms with E-state index in [1.54, 1.807) is 36.5 Å². The molecule has 1 N–H and O–H groups in total. The van der Waals surface area contributed by atoms with Crippen molar-refractivity contribution >= 4 is 27.7 Å². The molecule has 0 aliphatic carbocycles. The maximum absolute atomic E-state index is 12.1. The number of pyridine rings is 1.